The highest BCUT2D eigenvalue weighted by Gasteiger charge is 2.24. The maximum atomic E-state index is 3.78. The van der Waals surface area contributed by atoms with Crippen LogP contribution in [0.2, 0.25) is 0 Å². The van der Waals surface area contributed by atoms with Crippen LogP contribution in [0.1, 0.15) is 42.4 Å². The van der Waals surface area contributed by atoms with Crippen LogP contribution in [-0.4, -0.2) is 12.1 Å². The first-order valence-corrected chi connectivity index (χ1v) is 9.77. The molecular formula is C21H27BrN2. The van der Waals surface area contributed by atoms with Gasteiger partial charge >= 0.3 is 0 Å². The number of hydrogen-bond donors (Lipinski definition) is 2. The zero-order chi connectivity index (χ0) is 16.8. The Morgan fingerprint density at radius 2 is 1.25 bits per heavy atom. The third-order valence-electron chi connectivity index (χ3n) is 4.94. The molecule has 2 aromatic rings. The minimum atomic E-state index is 0.563. The van der Waals surface area contributed by atoms with E-state index >= 15 is 0 Å². The molecule has 24 heavy (non-hydrogen) atoms. The fourth-order valence-corrected chi connectivity index (χ4v) is 3.69. The van der Waals surface area contributed by atoms with Gasteiger partial charge in [-0.25, -0.2) is 0 Å². The zero-order valence-electron chi connectivity index (χ0n) is 14.4. The van der Waals surface area contributed by atoms with Crippen LogP contribution in [0, 0.1) is 6.92 Å². The van der Waals surface area contributed by atoms with Crippen molar-refractivity contribution in [2.24, 2.45) is 0 Å². The van der Waals surface area contributed by atoms with Crippen LogP contribution in [0.3, 0.4) is 0 Å². The van der Waals surface area contributed by atoms with Crippen molar-refractivity contribution in [3.05, 3.63) is 69.7 Å². The molecule has 2 unspecified atom stereocenters. The van der Waals surface area contributed by atoms with E-state index in [0.29, 0.717) is 12.1 Å². The summed E-state index contributed by atoms with van der Waals surface area (Å²) < 4.78 is 1.14. The molecule has 2 N–H and O–H groups in total. The summed E-state index contributed by atoms with van der Waals surface area (Å²) in [6.45, 7) is 4.04. The van der Waals surface area contributed by atoms with Gasteiger partial charge in [0.2, 0.25) is 0 Å². The van der Waals surface area contributed by atoms with Crippen molar-refractivity contribution in [2.75, 3.05) is 0 Å². The van der Waals surface area contributed by atoms with E-state index in [0.717, 1.165) is 17.6 Å². The van der Waals surface area contributed by atoms with E-state index in [9.17, 15) is 0 Å². The van der Waals surface area contributed by atoms with Crippen LogP contribution in [-0.2, 0) is 13.1 Å². The topological polar surface area (TPSA) is 24.1 Å². The number of hydrogen-bond acceptors (Lipinski definition) is 2. The molecule has 1 saturated carbocycles. The van der Waals surface area contributed by atoms with Gasteiger partial charge in [0, 0.05) is 29.6 Å². The number of aryl methyl sites for hydroxylation is 1. The highest BCUT2D eigenvalue weighted by Crippen LogP contribution is 2.20. The summed E-state index contributed by atoms with van der Waals surface area (Å²) in [4.78, 5) is 0. The first-order valence-electron chi connectivity index (χ1n) is 8.97. The molecule has 0 heterocycles. The molecule has 2 nitrogen and oxygen atoms in total. The molecule has 1 aliphatic rings. The Hall–Kier alpha value is -1.16. The third kappa shape index (κ3) is 5.17. The van der Waals surface area contributed by atoms with Gasteiger partial charge in [-0.05, 0) is 43.0 Å². The van der Waals surface area contributed by atoms with E-state index in [2.05, 4.69) is 82.0 Å². The highest BCUT2D eigenvalue weighted by atomic mass is 79.9. The van der Waals surface area contributed by atoms with Crippen molar-refractivity contribution in [1.82, 2.24) is 10.6 Å². The number of benzene rings is 2. The van der Waals surface area contributed by atoms with E-state index < -0.39 is 0 Å². The Kier molecular flexibility index (Phi) is 6.47. The molecule has 0 spiro atoms. The van der Waals surface area contributed by atoms with Gasteiger partial charge in [-0.15, -0.1) is 0 Å². The summed E-state index contributed by atoms with van der Waals surface area (Å²) in [7, 11) is 0. The molecule has 0 amide bonds. The van der Waals surface area contributed by atoms with Crippen LogP contribution in [0.15, 0.2) is 53.0 Å². The van der Waals surface area contributed by atoms with E-state index in [1.54, 1.807) is 0 Å². The molecular weight excluding hydrogens is 360 g/mol. The van der Waals surface area contributed by atoms with Crippen molar-refractivity contribution in [3.63, 3.8) is 0 Å². The Balaban J connectivity index is 1.52. The molecule has 0 aromatic heterocycles. The van der Waals surface area contributed by atoms with Crippen molar-refractivity contribution >= 4 is 15.9 Å². The fourth-order valence-electron chi connectivity index (χ4n) is 3.43. The number of nitrogens with one attached hydrogen (secondary N) is 2. The molecule has 1 fully saturated rings. The molecule has 0 bridgehead atoms. The summed E-state index contributed by atoms with van der Waals surface area (Å²) in [5.41, 5.74) is 4.05. The normalized spacial score (nSPS) is 20.9. The molecule has 0 saturated heterocycles. The maximum absolute atomic E-state index is 3.78. The lowest BCUT2D eigenvalue weighted by molar-refractivity contribution is 0.281. The molecule has 0 radical (unpaired) electrons. The second kappa shape index (κ2) is 8.80. The van der Waals surface area contributed by atoms with Gasteiger partial charge in [0.05, 0.1) is 0 Å². The molecule has 1 aliphatic carbocycles. The summed E-state index contributed by atoms with van der Waals surface area (Å²) >= 11 is 3.50. The highest BCUT2D eigenvalue weighted by molar-refractivity contribution is 9.10. The second-order valence-corrected chi connectivity index (χ2v) is 7.79. The van der Waals surface area contributed by atoms with Crippen molar-refractivity contribution in [3.8, 4) is 0 Å². The van der Waals surface area contributed by atoms with E-state index in [-0.39, 0.29) is 0 Å². The van der Waals surface area contributed by atoms with E-state index in [1.807, 2.05) is 0 Å². The monoisotopic (exact) mass is 386 g/mol. The van der Waals surface area contributed by atoms with Crippen molar-refractivity contribution < 1.29 is 0 Å². The standard InChI is InChI=1S/C21H27BrN2/c1-16-6-8-17(9-7-16)14-23-20-4-2-3-5-21(20)24-15-18-10-12-19(22)13-11-18/h6-13,20-21,23-24H,2-5,14-15H2,1H3. The molecule has 128 valence electrons. The Labute approximate surface area is 154 Å². The molecule has 3 heteroatoms. The Bertz CT molecular complexity index is 564. The first kappa shape index (κ1) is 17.7. The van der Waals surface area contributed by atoms with Crippen molar-refractivity contribution in [2.45, 2.75) is 57.8 Å². The minimum absolute atomic E-state index is 0.563. The largest absolute Gasteiger partial charge is 0.308 e. The van der Waals surface area contributed by atoms with Gasteiger partial charge in [-0.2, -0.15) is 0 Å². The van der Waals surface area contributed by atoms with Crippen LogP contribution in [0.5, 0.6) is 0 Å². The van der Waals surface area contributed by atoms with Gasteiger partial charge in [-0.3, -0.25) is 0 Å². The fraction of sp³-hybridized carbons (Fsp3) is 0.429. The molecule has 3 rings (SSSR count). The molecule has 2 atom stereocenters. The smallest absolute Gasteiger partial charge is 0.0224 e. The lowest BCUT2D eigenvalue weighted by Gasteiger charge is -2.33. The third-order valence-corrected chi connectivity index (χ3v) is 5.47. The predicted molar refractivity (Wildman–Crippen MR) is 105 cm³/mol. The SMILES string of the molecule is Cc1ccc(CNC2CCCCC2NCc2ccc(Br)cc2)cc1. The summed E-state index contributed by atoms with van der Waals surface area (Å²) in [6, 6.07) is 18.6. The van der Waals surface area contributed by atoms with Crippen molar-refractivity contribution in [1.29, 1.82) is 0 Å². The summed E-state index contributed by atoms with van der Waals surface area (Å²) in [5, 5.41) is 7.56. The number of rotatable bonds is 6. The zero-order valence-corrected chi connectivity index (χ0v) is 16.0. The van der Waals surface area contributed by atoms with E-state index in [1.165, 1.54) is 42.4 Å². The van der Waals surface area contributed by atoms with Gasteiger partial charge in [0.15, 0.2) is 0 Å². The van der Waals surface area contributed by atoms with Gasteiger partial charge < -0.3 is 10.6 Å². The predicted octanol–water partition coefficient (Wildman–Crippen LogP) is 4.95. The quantitative estimate of drug-likeness (QED) is 0.733. The lowest BCUT2D eigenvalue weighted by atomic mass is 9.90. The van der Waals surface area contributed by atoms with Gasteiger partial charge in [-0.1, -0.05) is 70.7 Å². The van der Waals surface area contributed by atoms with E-state index in [4.69, 9.17) is 0 Å². The minimum Gasteiger partial charge on any atom is -0.308 e. The summed E-state index contributed by atoms with van der Waals surface area (Å²) in [6.07, 6.45) is 5.20. The van der Waals surface area contributed by atoms with Gasteiger partial charge in [0.25, 0.3) is 0 Å². The lowest BCUT2D eigenvalue weighted by Crippen LogP contribution is -2.49. The molecule has 2 aromatic carbocycles. The average molecular weight is 387 g/mol. The van der Waals surface area contributed by atoms with Gasteiger partial charge in [0.1, 0.15) is 0 Å². The van der Waals surface area contributed by atoms with Crippen LogP contribution >= 0.6 is 15.9 Å². The number of halogens is 1. The summed E-state index contributed by atoms with van der Waals surface area (Å²) in [5.74, 6) is 0. The average Bonchev–Trinajstić information content (AvgIpc) is 2.61. The molecule has 0 aliphatic heterocycles. The van der Waals surface area contributed by atoms with Crippen LogP contribution in [0.4, 0.5) is 0 Å². The first-order chi connectivity index (χ1) is 11.7. The Morgan fingerprint density at radius 1 is 0.792 bits per heavy atom. The van der Waals surface area contributed by atoms with Crippen LogP contribution < -0.4 is 10.6 Å². The Morgan fingerprint density at radius 3 is 1.75 bits per heavy atom. The van der Waals surface area contributed by atoms with Crippen LogP contribution in [0.25, 0.3) is 0 Å². The maximum Gasteiger partial charge on any atom is 0.0224 e. The second-order valence-electron chi connectivity index (χ2n) is 6.87.